The number of ether oxygens (including phenoxy) is 1. The minimum Gasteiger partial charge on any atom is -0.493 e. The summed E-state index contributed by atoms with van der Waals surface area (Å²) < 4.78 is 5.58. The summed E-state index contributed by atoms with van der Waals surface area (Å²) >= 11 is 0. The molecule has 0 bridgehead atoms. The Bertz CT molecular complexity index is 371. The molecule has 0 radical (unpaired) electrons. The molecule has 0 fully saturated rings. The number of hydrogen-bond acceptors (Lipinski definition) is 2. The van der Waals surface area contributed by atoms with E-state index in [0.717, 1.165) is 12.2 Å². The van der Waals surface area contributed by atoms with Crippen LogP contribution in [0.2, 0.25) is 0 Å². The number of carbonyl (C=O) groups is 1. The number of ketones is 1. The molecule has 0 saturated heterocycles. The van der Waals surface area contributed by atoms with Gasteiger partial charge in [-0.25, -0.2) is 0 Å². The molecule has 0 aliphatic carbocycles. The van der Waals surface area contributed by atoms with E-state index >= 15 is 0 Å². The molecule has 0 saturated carbocycles. The van der Waals surface area contributed by atoms with Crippen molar-refractivity contribution in [2.75, 3.05) is 6.61 Å². The van der Waals surface area contributed by atoms with Gasteiger partial charge in [-0.2, -0.15) is 0 Å². The second-order valence-electron chi connectivity index (χ2n) is 5.12. The smallest absolute Gasteiger partial charge is 0.136 e. The second kappa shape index (κ2) is 9.60. The van der Waals surface area contributed by atoms with Crippen molar-refractivity contribution in [2.24, 2.45) is 0 Å². The molecular formula is C17H26O2. The second-order valence-corrected chi connectivity index (χ2v) is 5.12. The fraction of sp³-hybridized carbons (Fsp3) is 0.588. The normalized spacial score (nSPS) is 10.4. The average Bonchev–Trinajstić information content (AvgIpc) is 2.38. The zero-order valence-corrected chi connectivity index (χ0v) is 12.3. The molecule has 2 nitrogen and oxygen atoms in total. The maximum atomic E-state index is 11.7. The van der Waals surface area contributed by atoms with Crippen molar-refractivity contribution < 1.29 is 9.53 Å². The highest BCUT2D eigenvalue weighted by Gasteiger charge is 2.02. The van der Waals surface area contributed by atoms with Crippen LogP contribution in [0.25, 0.3) is 0 Å². The van der Waals surface area contributed by atoms with Crippen molar-refractivity contribution in [3.63, 3.8) is 0 Å². The highest BCUT2D eigenvalue weighted by molar-refractivity contribution is 5.78. The van der Waals surface area contributed by atoms with Gasteiger partial charge >= 0.3 is 0 Å². The summed E-state index contributed by atoms with van der Waals surface area (Å²) in [6.07, 6.45) is 7.23. The Morgan fingerprint density at radius 2 is 1.89 bits per heavy atom. The fourth-order valence-corrected chi connectivity index (χ4v) is 2.04. The van der Waals surface area contributed by atoms with Crippen molar-refractivity contribution in [3.8, 4) is 5.75 Å². The first-order chi connectivity index (χ1) is 9.22. The third-order valence-electron chi connectivity index (χ3n) is 3.20. The zero-order chi connectivity index (χ0) is 13.9. The van der Waals surface area contributed by atoms with Crippen LogP contribution in [0, 0.1) is 6.92 Å². The van der Waals surface area contributed by atoms with Crippen LogP contribution in [0.4, 0.5) is 0 Å². The van der Waals surface area contributed by atoms with Gasteiger partial charge in [0, 0.05) is 12.8 Å². The molecule has 0 atom stereocenters. The third kappa shape index (κ3) is 7.66. The SMILES string of the molecule is CCCCCCCC(=O)CCOc1cccc(C)c1. The maximum Gasteiger partial charge on any atom is 0.136 e. The summed E-state index contributed by atoms with van der Waals surface area (Å²) in [5.41, 5.74) is 1.18. The van der Waals surface area contributed by atoms with E-state index in [9.17, 15) is 4.79 Å². The van der Waals surface area contributed by atoms with Gasteiger partial charge in [-0.1, -0.05) is 44.7 Å². The molecular weight excluding hydrogens is 236 g/mol. The van der Waals surface area contributed by atoms with Gasteiger partial charge in [0.25, 0.3) is 0 Å². The lowest BCUT2D eigenvalue weighted by atomic mass is 10.1. The zero-order valence-electron chi connectivity index (χ0n) is 12.3. The lowest BCUT2D eigenvalue weighted by Gasteiger charge is -2.06. The van der Waals surface area contributed by atoms with E-state index in [1.165, 1.54) is 31.2 Å². The van der Waals surface area contributed by atoms with E-state index in [1.807, 2.05) is 31.2 Å². The minimum atomic E-state index is 0.323. The molecule has 0 aromatic heterocycles. The topological polar surface area (TPSA) is 26.3 Å². The van der Waals surface area contributed by atoms with Crippen molar-refractivity contribution >= 4 is 5.78 Å². The lowest BCUT2D eigenvalue weighted by Crippen LogP contribution is -2.06. The number of aryl methyl sites for hydroxylation is 1. The van der Waals surface area contributed by atoms with Crippen LogP contribution >= 0.6 is 0 Å². The molecule has 106 valence electrons. The van der Waals surface area contributed by atoms with Crippen LogP contribution in [-0.4, -0.2) is 12.4 Å². The Morgan fingerprint density at radius 3 is 2.63 bits per heavy atom. The highest BCUT2D eigenvalue weighted by Crippen LogP contribution is 2.13. The molecule has 0 spiro atoms. The number of rotatable bonds is 10. The van der Waals surface area contributed by atoms with Gasteiger partial charge in [-0.15, -0.1) is 0 Å². The predicted octanol–water partition coefficient (Wildman–Crippen LogP) is 4.69. The highest BCUT2D eigenvalue weighted by atomic mass is 16.5. The van der Waals surface area contributed by atoms with Crippen molar-refractivity contribution in [1.29, 1.82) is 0 Å². The van der Waals surface area contributed by atoms with Crippen LogP contribution in [0.1, 0.15) is 57.4 Å². The minimum absolute atomic E-state index is 0.323. The van der Waals surface area contributed by atoms with E-state index in [2.05, 4.69) is 6.92 Å². The van der Waals surface area contributed by atoms with Gasteiger partial charge in [0.05, 0.1) is 6.61 Å². The predicted molar refractivity (Wildman–Crippen MR) is 79.7 cm³/mol. The first kappa shape index (κ1) is 15.7. The molecule has 1 aromatic rings. The Hall–Kier alpha value is -1.31. The monoisotopic (exact) mass is 262 g/mol. The molecule has 2 heteroatoms. The Morgan fingerprint density at radius 1 is 1.11 bits per heavy atom. The number of carbonyl (C=O) groups excluding carboxylic acids is 1. The summed E-state index contributed by atoms with van der Waals surface area (Å²) in [7, 11) is 0. The number of Topliss-reactive ketones (excluding diaryl/α,β-unsaturated/α-hetero) is 1. The van der Waals surface area contributed by atoms with Gasteiger partial charge in [0.1, 0.15) is 11.5 Å². The van der Waals surface area contributed by atoms with Gasteiger partial charge in [-0.3, -0.25) is 4.79 Å². The maximum absolute atomic E-state index is 11.7. The molecule has 0 aliphatic heterocycles. The van der Waals surface area contributed by atoms with Crippen LogP contribution < -0.4 is 4.74 Å². The summed E-state index contributed by atoms with van der Waals surface area (Å²) in [6.45, 7) is 4.74. The Labute approximate surface area is 117 Å². The van der Waals surface area contributed by atoms with Crippen molar-refractivity contribution in [2.45, 2.75) is 58.8 Å². The van der Waals surface area contributed by atoms with Crippen LogP contribution in [0.15, 0.2) is 24.3 Å². The molecule has 0 amide bonds. The molecule has 1 aromatic carbocycles. The molecule has 0 aliphatic rings. The van der Waals surface area contributed by atoms with E-state index < -0.39 is 0 Å². The number of unbranched alkanes of at least 4 members (excludes halogenated alkanes) is 4. The average molecular weight is 262 g/mol. The first-order valence-corrected chi connectivity index (χ1v) is 7.43. The van der Waals surface area contributed by atoms with Crippen molar-refractivity contribution in [3.05, 3.63) is 29.8 Å². The Balaban J connectivity index is 2.07. The van der Waals surface area contributed by atoms with Gasteiger partial charge in [0.15, 0.2) is 0 Å². The van der Waals surface area contributed by atoms with Gasteiger partial charge < -0.3 is 4.74 Å². The fourth-order valence-electron chi connectivity index (χ4n) is 2.04. The summed E-state index contributed by atoms with van der Waals surface area (Å²) in [5, 5.41) is 0. The summed E-state index contributed by atoms with van der Waals surface area (Å²) in [4.78, 5) is 11.7. The molecule has 0 N–H and O–H groups in total. The van der Waals surface area contributed by atoms with Gasteiger partial charge in [0.2, 0.25) is 0 Å². The quantitative estimate of drug-likeness (QED) is 0.572. The molecule has 1 rings (SSSR count). The van der Waals surface area contributed by atoms with Crippen LogP contribution in [-0.2, 0) is 4.79 Å². The first-order valence-electron chi connectivity index (χ1n) is 7.43. The van der Waals surface area contributed by atoms with Crippen LogP contribution in [0.5, 0.6) is 5.75 Å². The van der Waals surface area contributed by atoms with E-state index in [4.69, 9.17) is 4.74 Å². The standard InChI is InChI=1S/C17H26O2/c1-3-4-5-6-7-10-16(18)12-13-19-17-11-8-9-15(2)14-17/h8-9,11,14H,3-7,10,12-13H2,1-2H3. The molecule has 19 heavy (non-hydrogen) atoms. The van der Waals surface area contributed by atoms with Crippen molar-refractivity contribution in [1.82, 2.24) is 0 Å². The molecule has 0 heterocycles. The summed E-state index contributed by atoms with van der Waals surface area (Å²) in [6, 6.07) is 7.94. The number of benzene rings is 1. The molecule has 0 unspecified atom stereocenters. The van der Waals surface area contributed by atoms with Crippen LogP contribution in [0.3, 0.4) is 0 Å². The van der Waals surface area contributed by atoms with E-state index in [-0.39, 0.29) is 0 Å². The largest absolute Gasteiger partial charge is 0.493 e. The Kier molecular flexibility index (Phi) is 7.95. The van der Waals surface area contributed by atoms with E-state index in [0.29, 0.717) is 25.2 Å². The van der Waals surface area contributed by atoms with Gasteiger partial charge in [-0.05, 0) is 31.0 Å². The summed E-state index contributed by atoms with van der Waals surface area (Å²) in [5.74, 6) is 1.18. The van der Waals surface area contributed by atoms with E-state index in [1.54, 1.807) is 0 Å². The number of hydrogen-bond donors (Lipinski definition) is 0. The third-order valence-corrected chi connectivity index (χ3v) is 3.20. The lowest BCUT2D eigenvalue weighted by molar-refractivity contribution is -0.119.